The Kier molecular flexibility index (Phi) is 4.24. The number of allylic oxidation sites excluding steroid dienone is 1. The van der Waals surface area contributed by atoms with Crippen molar-refractivity contribution in [3.63, 3.8) is 0 Å². The van der Waals surface area contributed by atoms with Crippen LogP contribution in [0, 0.1) is 17.3 Å². The summed E-state index contributed by atoms with van der Waals surface area (Å²) in [4.78, 5) is 0. The molecule has 0 heterocycles. The summed E-state index contributed by atoms with van der Waals surface area (Å²) in [6, 6.07) is 0. The first-order chi connectivity index (χ1) is 6.89. The van der Waals surface area contributed by atoms with Gasteiger partial charge in [-0.2, -0.15) is 0 Å². The van der Waals surface area contributed by atoms with E-state index in [1.54, 1.807) is 0 Å². The summed E-state index contributed by atoms with van der Waals surface area (Å²) in [5.74, 6) is 2.54. The van der Waals surface area contributed by atoms with Crippen LogP contribution in [0.1, 0.15) is 53.4 Å². The maximum Gasteiger partial charge on any atom is 0.0907 e. The summed E-state index contributed by atoms with van der Waals surface area (Å²) in [5, 5.41) is 0. The maximum absolute atomic E-state index is 5.71. The Labute approximate surface area is 94.9 Å². The van der Waals surface area contributed by atoms with Crippen LogP contribution in [0.3, 0.4) is 0 Å². The molecule has 1 fully saturated rings. The molecule has 88 valence electrons. The minimum absolute atomic E-state index is 0.330. The zero-order valence-electron chi connectivity index (χ0n) is 10.8. The van der Waals surface area contributed by atoms with E-state index in [-0.39, 0.29) is 0 Å². The van der Waals surface area contributed by atoms with Crippen LogP contribution in [0.2, 0.25) is 0 Å². The lowest BCUT2D eigenvalue weighted by atomic mass is 9.83. The van der Waals surface area contributed by atoms with Gasteiger partial charge in [0.2, 0.25) is 0 Å². The molecule has 0 bridgehead atoms. The highest BCUT2D eigenvalue weighted by Gasteiger charge is 2.22. The summed E-state index contributed by atoms with van der Waals surface area (Å²) in [6.45, 7) is 13.8. The predicted molar refractivity (Wildman–Crippen MR) is 65.7 cm³/mol. The van der Waals surface area contributed by atoms with Crippen molar-refractivity contribution in [1.82, 2.24) is 0 Å². The Morgan fingerprint density at radius 2 is 2.00 bits per heavy atom. The topological polar surface area (TPSA) is 9.23 Å². The van der Waals surface area contributed by atoms with Crippen LogP contribution in [-0.2, 0) is 4.74 Å². The van der Waals surface area contributed by atoms with Crippen molar-refractivity contribution in [2.24, 2.45) is 17.3 Å². The molecule has 0 aromatic carbocycles. The van der Waals surface area contributed by atoms with Gasteiger partial charge in [0, 0.05) is 6.42 Å². The van der Waals surface area contributed by atoms with Gasteiger partial charge in [0.05, 0.1) is 12.4 Å². The van der Waals surface area contributed by atoms with E-state index < -0.39 is 0 Å². The Balaban J connectivity index is 2.09. The molecule has 0 aromatic heterocycles. The van der Waals surface area contributed by atoms with Crippen LogP contribution in [0.5, 0.6) is 0 Å². The molecule has 1 aliphatic rings. The second-order valence-electron chi connectivity index (χ2n) is 6.10. The van der Waals surface area contributed by atoms with Crippen LogP contribution < -0.4 is 0 Å². The van der Waals surface area contributed by atoms with E-state index in [2.05, 4.69) is 34.3 Å². The van der Waals surface area contributed by atoms with Crippen LogP contribution >= 0.6 is 0 Å². The molecule has 1 nitrogen and oxygen atoms in total. The van der Waals surface area contributed by atoms with Crippen molar-refractivity contribution < 1.29 is 4.74 Å². The van der Waals surface area contributed by atoms with Gasteiger partial charge in [0.1, 0.15) is 0 Å². The lowest BCUT2D eigenvalue weighted by Crippen LogP contribution is -2.22. The zero-order chi connectivity index (χ0) is 11.5. The quantitative estimate of drug-likeness (QED) is 0.591. The van der Waals surface area contributed by atoms with Crippen molar-refractivity contribution in [2.75, 3.05) is 6.61 Å². The summed E-state index contributed by atoms with van der Waals surface area (Å²) >= 11 is 0. The molecule has 1 aliphatic carbocycles. The fraction of sp³-hybridized carbons (Fsp3) is 0.857. The molecule has 0 radical (unpaired) electrons. The fourth-order valence-corrected chi connectivity index (χ4v) is 1.34. The van der Waals surface area contributed by atoms with Crippen LogP contribution in [-0.4, -0.2) is 6.61 Å². The monoisotopic (exact) mass is 210 g/mol. The molecule has 0 amide bonds. The molecule has 0 aliphatic heterocycles. The lowest BCUT2D eigenvalue weighted by Gasteiger charge is -2.27. The molecular weight excluding hydrogens is 184 g/mol. The normalized spacial score (nSPS) is 18.7. The van der Waals surface area contributed by atoms with Crippen molar-refractivity contribution in [3.8, 4) is 0 Å². The highest BCUT2D eigenvalue weighted by molar-refractivity contribution is 4.86. The SMILES string of the molecule is C=C(CCC1CC1)OCC(C)C(C)(C)C. The second kappa shape index (κ2) is 5.05. The van der Waals surface area contributed by atoms with Gasteiger partial charge in [0.15, 0.2) is 0 Å². The van der Waals surface area contributed by atoms with Gasteiger partial charge in [-0.3, -0.25) is 0 Å². The molecule has 0 saturated heterocycles. The molecule has 0 N–H and O–H groups in total. The molecular formula is C14H26O. The van der Waals surface area contributed by atoms with E-state index in [0.717, 1.165) is 24.7 Å². The minimum Gasteiger partial charge on any atom is -0.498 e. The third-order valence-electron chi connectivity index (χ3n) is 3.54. The van der Waals surface area contributed by atoms with Gasteiger partial charge in [0.25, 0.3) is 0 Å². The summed E-state index contributed by atoms with van der Waals surface area (Å²) < 4.78 is 5.71. The molecule has 15 heavy (non-hydrogen) atoms. The van der Waals surface area contributed by atoms with Gasteiger partial charge in [-0.05, 0) is 23.7 Å². The molecule has 1 rings (SSSR count). The van der Waals surface area contributed by atoms with Crippen molar-refractivity contribution >= 4 is 0 Å². The summed E-state index contributed by atoms with van der Waals surface area (Å²) in [6.07, 6.45) is 5.18. The van der Waals surface area contributed by atoms with E-state index in [4.69, 9.17) is 4.74 Å². The van der Waals surface area contributed by atoms with E-state index in [1.807, 2.05) is 0 Å². The van der Waals surface area contributed by atoms with Crippen molar-refractivity contribution in [3.05, 3.63) is 12.3 Å². The van der Waals surface area contributed by atoms with Crippen molar-refractivity contribution in [1.29, 1.82) is 0 Å². The van der Waals surface area contributed by atoms with E-state index in [1.165, 1.54) is 19.3 Å². The summed E-state index contributed by atoms with van der Waals surface area (Å²) in [7, 11) is 0. The highest BCUT2D eigenvalue weighted by atomic mass is 16.5. The van der Waals surface area contributed by atoms with E-state index in [9.17, 15) is 0 Å². The first-order valence-corrected chi connectivity index (χ1v) is 6.20. The van der Waals surface area contributed by atoms with Gasteiger partial charge < -0.3 is 4.74 Å². The van der Waals surface area contributed by atoms with Crippen LogP contribution in [0.25, 0.3) is 0 Å². The molecule has 0 spiro atoms. The van der Waals surface area contributed by atoms with Gasteiger partial charge in [-0.15, -0.1) is 0 Å². The Hall–Kier alpha value is -0.460. The van der Waals surface area contributed by atoms with Crippen LogP contribution in [0.15, 0.2) is 12.3 Å². The van der Waals surface area contributed by atoms with Gasteiger partial charge in [-0.25, -0.2) is 0 Å². The maximum atomic E-state index is 5.71. The average Bonchev–Trinajstić information content (AvgIpc) is 2.92. The largest absolute Gasteiger partial charge is 0.498 e. The smallest absolute Gasteiger partial charge is 0.0907 e. The summed E-state index contributed by atoms with van der Waals surface area (Å²) in [5.41, 5.74) is 0.330. The molecule has 1 unspecified atom stereocenters. The highest BCUT2D eigenvalue weighted by Crippen LogP contribution is 2.34. The molecule has 0 aromatic rings. The number of ether oxygens (including phenoxy) is 1. The van der Waals surface area contributed by atoms with Crippen LogP contribution in [0.4, 0.5) is 0 Å². The predicted octanol–water partition coefficient (Wildman–Crippen LogP) is 4.39. The third-order valence-corrected chi connectivity index (χ3v) is 3.54. The Morgan fingerprint density at radius 1 is 1.40 bits per heavy atom. The molecule has 1 heteroatoms. The zero-order valence-corrected chi connectivity index (χ0v) is 10.8. The number of rotatable bonds is 6. The Bertz CT molecular complexity index is 208. The second-order valence-corrected chi connectivity index (χ2v) is 6.10. The lowest BCUT2D eigenvalue weighted by molar-refractivity contribution is 0.106. The average molecular weight is 210 g/mol. The first kappa shape index (κ1) is 12.6. The standard InChI is InChI=1S/C14H26O/c1-11(14(3,4)5)10-15-12(2)6-7-13-8-9-13/h11,13H,2,6-10H2,1,3-5H3. The number of hydrogen-bond acceptors (Lipinski definition) is 1. The molecule has 1 saturated carbocycles. The first-order valence-electron chi connectivity index (χ1n) is 6.20. The van der Waals surface area contributed by atoms with Gasteiger partial charge in [-0.1, -0.05) is 47.1 Å². The fourth-order valence-electron chi connectivity index (χ4n) is 1.34. The van der Waals surface area contributed by atoms with Crippen molar-refractivity contribution in [2.45, 2.75) is 53.4 Å². The number of hydrogen-bond donors (Lipinski definition) is 0. The minimum atomic E-state index is 0.330. The van der Waals surface area contributed by atoms with Gasteiger partial charge >= 0.3 is 0 Å². The van der Waals surface area contributed by atoms with E-state index in [0.29, 0.717) is 11.3 Å². The third kappa shape index (κ3) is 5.25. The molecule has 1 atom stereocenters. The Morgan fingerprint density at radius 3 is 2.47 bits per heavy atom. The van der Waals surface area contributed by atoms with E-state index >= 15 is 0 Å².